The lowest BCUT2D eigenvalue weighted by molar-refractivity contribution is 0.149. The van der Waals surface area contributed by atoms with Crippen molar-refractivity contribution in [1.82, 2.24) is 0 Å². The van der Waals surface area contributed by atoms with Crippen LogP contribution in [0.2, 0.25) is 5.02 Å². The summed E-state index contributed by atoms with van der Waals surface area (Å²) in [5.74, 6) is 1.37. The predicted octanol–water partition coefficient (Wildman–Crippen LogP) is 2.89. The lowest BCUT2D eigenvalue weighted by Crippen LogP contribution is -2.29. The second-order valence-electron chi connectivity index (χ2n) is 4.86. The van der Waals surface area contributed by atoms with Crippen LogP contribution in [-0.2, 0) is 0 Å². The lowest BCUT2D eigenvalue weighted by Gasteiger charge is -2.26. The number of nitrogens with one attached hydrogen (secondary N) is 1. The minimum absolute atomic E-state index is 0.138. The van der Waals surface area contributed by atoms with E-state index < -0.39 is 0 Å². The second-order valence-corrected chi connectivity index (χ2v) is 5.27. The molecule has 0 saturated carbocycles. The first-order chi connectivity index (χ1) is 8.58. The average molecular weight is 272 g/mol. The van der Waals surface area contributed by atoms with Crippen LogP contribution in [0.15, 0.2) is 12.1 Å². The smallest absolute Gasteiger partial charge is 0.231 e. The second kappa shape index (κ2) is 5.24. The molecule has 18 heavy (non-hydrogen) atoms. The van der Waals surface area contributed by atoms with Crippen molar-refractivity contribution in [2.45, 2.75) is 20.3 Å². The number of benzene rings is 1. The van der Waals surface area contributed by atoms with Crippen LogP contribution < -0.4 is 14.8 Å². The van der Waals surface area contributed by atoms with Crippen molar-refractivity contribution in [2.75, 3.05) is 25.3 Å². The molecule has 1 aromatic carbocycles. The highest BCUT2D eigenvalue weighted by Crippen LogP contribution is 2.39. The molecule has 1 aliphatic heterocycles. The maximum atomic E-state index is 9.37. The molecule has 0 aromatic heterocycles. The molecule has 0 fully saturated rings. The van der Waals surface area contributed by atoms with Gasteiger partial charge in [0.05, 0.1) is 17.3 Å². The summed E-state index contributed by atoms with van der Waals surface area (Å²) in [5, 5.41) is 13.2. The first-order valence-electron chi connectivity index (χ1n) is 6.02. The molecule has 0 spiro atoms. The number of ether oxygens (including phenoxy) is 2. The summed E-state index contributed by atoms with van der Waals surface area (Å²) in [6, 6.07) is 3.58. The molecule has 1 aliphatic rings. The van der Waals surface area contributed by atoms with Gasteiger partial charge < -0.3 is 19.9 Å². The lowest BCUT2D eigenvalue weighted by atomic mass is 9.88. The number of anilines is 1. The summed E-state index contributed by atoms with van der Waals surface area (Å²) >= 11 is 6.16. The standard InChI is InChI=1S/C13H18ClNO3/c1-3-13(2,7-16)6-15-10-5-12-11(4-9(10)14)17-8-18-12/h4-5,15-16H,3,6-8H2,1-2H3. The summed E-state index contributed by atoms with van der Waals surface area (Å²) in [6.07, 6.45) is 0.888. The summed E-state index contributed by atoms with van der Waals surface area (Å²) < 4.78 is 10.6. The summed E-state index contributed by atoms with van der Waals surface area (Å²) in [4.78, 5) is 0. The summed E-state index contributed by atoms with van der Waals surface area (Å²) in [5.41, 5.74) is 0.647. The van der Waals surface area contributed by atoms with Gasteiger partial charge in [-0.15, -0.1) is 0 Å². The van der Waals surface area contributed by atoms with Crippen LogP contribution in [0.5, 0.6) is 11.5 Å². The Morgan fingerprint density at radius 3 is 2.67 bits per heavy atom. The Labute approximate surface area is 112 Å². The molecule has 0 saturated heterocycles. The molecule has 1 atom stereocenters. The van der Waals surface area contributed by atoms with Gasteiger partial charge in [0, 0.05) is 24.1 Å². The van der Waals surface area contributed by atoms with E-state index in [-0.39, 0.29) is 18.8 Å². The van der Waals surface area contributed by atoms with E-state index >= 15 is 0 Å². The van der Waals surface area contributed by atoms with Gasteiger partial charge in [-0.05, 0) is 6.42 Å². The van der Waals surface area contributed by atoms with Gasteiger partial charge in [-0.2, -0.15) is 0 Å². The highest BCUT2D eigenvalue weighted by atomic mass is 35.5. The molecule has 2 rings (SSSR count). The third-order valence-electron chi connectivity index (χ3n) is 3.40. The van der Waals surface area contributed by atoms with E-state index in [1.54, 1.807) is 6.07 Å². The molecule has 2 N–H and O–H groups in total. The van der Waals surface area contributed by atoms with Gasteiger partial charge in [0.15, 0.2) is 11.5 Å². The van der Waals surface area contributed by atoms with Crippen molar-refractivity contribution in [3.8, 4) is 11.5 Å². The number of halogens is 1. The molecule has 0 aliphatic carbocycles. The highest BCUT2D eigenvalue weighted by molar-refractivity contribution is 6.33. The number of aliphatic hydroxyl groups is 1. The molecule has 0 bridgehead atoms. The normalized spacial score (nSPS) is 16.4. The fraction of sp³-hybridized carbons (Fsp3) is 0.538. The van der Waals surface area contributed by atoms with E-state index in [0.29, 0.717) is 23.1 Å². The molecule has 5 heteroatoms. The van der Waals surface area contributed by atoms with Crippen molar-refractivity contribution in [3.05, 3.63) is 17.2 Å². The number of hydrogen-bond donors (Lipinski definition) is 2. The Bertz CT molecular complexity index is 432. The zero-order valence-corrected chi connectivity index (χ0v) is 11.4. The molecule has 0 amide bonds. The number of rotatable bonds is 5. The Morgan fingerprint density at radius 1 is 1.39 bits per heavy atom. The first-order valence-corrected chi connectivity index (χ1v) is 6.39. The maximum absolute atomic E-state index is 9.37. The molecular weight excluding hydrogens is 254 g/mol. The molecule has 1 aromatic rings. The van der Waals surface area contributed by atoms with Crippen LogP contribution in [0.25, 0.3) is 0 Å². The fourth-order valence-electron chi connectivity index (χ4n) is 1.65. The largest absolute Gasteiger partial charge is 0.454 e. The van der Waals surface area contributed by atoms with Crippen molar-refractivity contribution in [3.63, 3.8) is 0 Å². The summed E-state index contributed by atoms with van der Waals surface area (Å²) in [7, 11) is 0. The maximum Gasteiger partial charge on any atom is 0.231 e. The minimum Gasteiger partial charge on any atom is -0.454 e. The van der Waals surface area contributed by atoms with Crippen LogP contribution in [0.1, 0.15) is 20.3 Å². The van der Waals surface area contributed by atoms with Crippen molar-refractivity contribution >= 4 is 17.3 Å². The Kier molecular flexibility index (Phi) is 3.88. The first kappa shape index (κ1) is 13.3. The average Bonchev–Trinajstić information content (AvgIpc) is 2.82. The van der Waals surface area contributed by atoms with Gasteiger partial charge >= 0.3 is 0 Å². The van der Waals surface area contributed by atoms with Crippen LogP contribution in [0.4, 0.5) is 5.69 Å². The molecule has 0 radical (unpaired) electrons. The quantitative estimate of drug-likeness (QED) is 0.865. The van der Waals surface area contributed by atoms with E-state index in [9.17, 15) is 5.11 Å². The van der Waals surface area contributed by atoms with Crippen LogP contribution >= 0.6 is 11.6 Å². The topological polar surface area (TPSA) is 50.7 Å². The van der Waals surface area contributed by atoms with Gasteiger partial charge in [-0.25, -0.2) is 0 Å². The third kappa shape index (κ3) is 2.65. The van der Waals surface area contributed by atoms with Gasteiger partial charge in [0.2, 0.25) is 6.79 Å². The SMILES string of the molecule is CCC(C)(CO)CNc1cc2c(cc1Cl)OCO2. The van der Waals surface area contributed by atoms with E-state index in [4.69, 9.17) is 21.1 Å². The molecule has 1 unspecified atom stereocenters. The van der Waals surface area contributed by atoms with Crippen molar-refractivity contribution < 1.29 is 14.6 Å². The molecule has 4 nitrogen and oxygen atoms in total. The zero-order valence-electron chi connectivity index (χ0n) is 10.6. The molecular formula is C13H18ClNO3. The molecule has 1 heterocycles. The van der Waals surface area contributed by atoms with Crippen molar-refractivity contribution in [1.29, 1.82) is 0 Å². The summed E-state index contributed by atoms with van der Waals surface area (Å²) in [6.45, 7) is 5.11. The Morgan fingerprint density at radius 2 is 2.06 bits per heavy atom. The van der Waals surface area contributed by atoms with Gasteiger partial charge in [-0.1, -0.05) is 25.4 Å². The van der Waals surface area contributed by atoms with Crippen LogP contribution in [0, 0.1) is 5.41 Å². The highest BCUT2D eigenvalue weighted by Gasteiger charge is 2.22. The van der Waals surface area contributed by atoms with Crippen LogP contribution in [-0.4, -0.2) is 25.1 Å². The third-order valence-corrected chi connectivity index (χ3v) is 3.72. The van der Waals surface area contributed by atoms with Gasteiger partial charge in [0.25, 0.3) is 0 Å². The van der Waals surface area contributed by atoms with Gasteiger partial charge in [0.1, 0.15) is 0 Å². The van der Waals surface area contributed by atoms with E-state index in [1.807, 2.05) is 13.0 Å². The van der Waals surface area contributed by atoms with E-state index in [2.05, 4.69) is 12.2 Å². The molecule has 100 valence electrons. The fourth-order valence-corrected chi connectivity index (χ4v) is 1.87. The minimum atomic E-state index is -0.153. The Balaban J connectivity index is 2.10. The number of aliphatic hydroxyl groups excluding tert-OH is 1. The number of hydrogen-bond acceptors (Lipinski definition) is 4. The van der Waals surface area contributed by atoms with Gasteiger partial charge in [-0.3, -0.25) is 0 Å². The van der Waals surface area contributed by atoms with E-state index in [1.165, 1.54) is 0 Å². The Hall–Kier alpha value is -1.13. The predicted molar refractivity (Wildman–Crippen MR) is 71.5 cm³/mol. The van der Waals surface area contributed by atoms with Crippen molar-refractivity contribution in [2.24, 2.45) is 5.41 Å². The zero-order chi connectivity index (χ0) is 13.2. The monoisotopic (exact) mass is 271 g/mol. The van der Waals surface area contributed by atoms with E-state index in [0.717, 1.165) is 12.1 Å². The number of fused-ring (bicyclic) bond motifs is 1. The van der Waals surface area contributed by atoms with Crippen LogP contribution in [0.3, 0.4) is 0 Å².